The topological polar surface area (TPSA) is 88.5 Å². The minimum absolute atomic E-state index is 0.00647. The largest absolute Gasteiger partial charge is 0.384 e. The number of nitrogens with one attached hydrogen (secondary N) is 1. The molecule has 0 saturated carbocycles. The van der Waals surface area contributed by atoms with E-state index < -0.39 is 0 Å². The van der Waals surface area contributed by atoms with E-state index >= 15 is 0 Å². The maximum absolute atomic E-state index is 7.71. The molecule has 5 nitrogen and oxygen atoms in total. The van der Waals surface area contributed by atoms with Crippen molar-refractivity contribution >= 4 is 39.8 Å². The van der Waals surface area contributed by atoms with Crippen LogP contribution < -0.4 is 5.73 Å². The summed E-state index contributed by atoms with van der Waals surface area (Å²) in [6.07, 6.45) is 1.64. The van der Waals surface area contributed by atoms with E-state index in [-0.39, 0.29) is 5.84 Å². The van der Waals surface area contributed by atoms with E-state index in [9.17, 15) is 0 Å². The van der Waals surface area contributed by atoms with Crippen LogP contribution in [0, 0.1) is 12.3 Å². The van der Waals surface area contributed by atoms with Crippen LogP contribution in [0.3, 0.4) is 0 Å². The number of nitrogen functional groups attached to an aromatic ring is 1. The van der Waals surface area contributed by atoms with Crippen molar-refractivity contribution in [3.63, 3.8) is 0 Å². The van der Waals surface area contributed by atoms with Gasteiger partial charge in [-0.3, -0.25) is 10.4 Å². The van der Waals surface area contributed by atoms with Crippen LogP contribution in [0.1, 0.15) is 10.6 Å². The third kappa shape index (κ3) is 2.37. The number of aryl methyl sites for hydroxylation is 1. The summed E-state index contributed by atoms with van der Waals surface area (Å²) >= 11 is 3.00. The van der Waals surface area contributed by atoms with Gasteiger partial charge in [0, 0.05) is 22.0 Å². The number of hydrogen-bond donors (Lipinski definition) is 2. The molecule has 0 aliphatic heterocycles. The van der Waals surface area contributed by atoms with Gasteiger partial charge in [-0.25, -0.2) is 0 Å². The monoisotopic (exact) mass is 301 g/mol. The Morgan fingerprint density at radius 2 is 2.10 bits per heavy atom. The van der Waals surface area contributed by atoms with Crippen molar-refractivity contribution in [2.75, 3.05) is 0 Å². The van der Waals surface area contributed by atoms with Gasteiger partial charge in [-0.15, -0.1) is 10.2 Å². The molecule has 1 aromatic carbocycles. The Kier molecular flexibility index (Phi) is 3.37. The third-order valence-corrected chi connectivity index (χ3v) is 4.75. The number of rotatable bonds is 3. The lowest BCUT2D eigenvalue weighted by molar-refractivity contribution is 0.984. The second-order valence-corrected chi connectivity index (χ2v) is 6.56. The second kappa shape index (κ2) is 5.18. The summed E-state index contributed by atoms with van der Waals surface area (Å²) in [6, 6.07) is 7.80. The van der Waals surface area contributed by atoms with Crippen LogP contribution >= 0.6 is 23.1 Å². The van der Waals surface area contributed by atoms with Gasteiger partial charge < -0.3 is 5.73 Å². The van der Waals surface area contributed by atoms with Crippen molar-refractivity contribution in [1.29, 1.82) is 5.41 Å². The van der Waals surface area contributed by atoms with Crippen molar-refractivity contribution in [3.8, 4) is 0 Å². The molecule has 0 bridgehead atoms. The zero-order valence-corrected chi connectivity index (χ0v) is 12.3. The average Bonchev–Trinajstić information content (AvgIpc) is 2.84. The van der Waals surface area contributed by atoms with Gasteiger partial charge in [0.05, 0.1) is 5.52 Å². The molecule has 0 radical (unpaired) electrons. The number of fused-ring (bicyclic) bond motifs is 1. The van der Waals surface area contributed by atoms with Gasteiger partial charge >= 0.3 is 0 Å². The van der Waals surface area contributed by atoms with E-state index in [1.165, 1.54) is 23.1 Å². The van der Waals surface area contributed by atoms with Gasteiger partial charge in [0.1, 0.15) is 10.8 Å². The van der Waals surface area contributed by atoms with Crippen molar-refractivity contribution in [1.82, 2.24) is 15.2 Å². The number of amidine groups is 1. The number of aromatic nitrogens is 3. The fourth-order valence-electron chi connectivity index (χ4n) is 1.82. The summed E-state index contributed by atoms with van der Waals surface area (Å²) in [6.45, 7) is 1.91. The van der Waals surface area contributed by atoms with E-state index in [0.717, 1.165) is 25.1 Å². The maximum Gasteiger partial charge on any atom is 0.179 e. The Bertz CT molecular complexity index is 796. The van der Waals surface area contributed by atoms with Crippen LogP contribution in [0.2, 0.25) is 0 Å². The maximum atomic E-state index is 7.71. The van der Waals surface area contributed by atoms with Crippen molar-refractivity contribution < 1.29 is 0 Å². The molecule has 2 aromatic heterocycles. The van der Waals surface area contributed by atoms with E-state index in [4.69, 9.17) is 11.1 Å². The summed E-state index contributed by atoms with van der Waals surface area (Å²) in [5.41, 5.74) is 7.16. The SMILES string of the molecule is Cc1nnc(Sc2c(C(=N)N)cnc3ccccc23)s1. The average molecular weight is 301 g/mol. The second-order valence-electron chi connectivity index (χ2n) is 4.12. The van der Waals surface area contributed by atoms with Gasteiger partial charge in [-0.2, -0.15) is 0 Å². The molecule has 0 aliphatic rings. The van der Waals surface area contributed by atoms with E-state index in [1.54, 1.807) is 6.20 Å². The molecule has 0 spiro atoms. The lowest BCUT2D eigenvalue weighted by Gasteiger charge is -2.09. The predicted octanol–water partition coefficient (Wildman–Crippen LogP) is 2.83. The molecule has 20 heavy (non-hydrogen) atoms. The van der Waals surface area contributed by atoms with Crippen LogP contribution in [0.5, 0.6) is 0 Å². The smallest absolute Gasteiger partial charge is 0.179 e. The first-order valence-corrected chi connectivity index (χ1v) is 7.48. The summed E-state index contributed by atoms with van der Waals surface area (Å²) < 4.78 is 0.835. The van der Waals surface area contributed by atoms with E-state index in [1.807, 2.05) is 31.2 Å². The standard InChI is InChI=1S/C13H11N5S2/c1-7-17-18-13(19-7)20-11-8-4-2-3-5-10(8)16-6-9(11)12(14)15/h2-6H,1H3,(H3,14,15). The molecular weight excluding hydrogens is 290 g/mol. The number of nitrogens with zero attached hydrogens (tertiary/aromatic N) is 3. The summed E-state index contributed by atoms with van der Waals surface area (Å²) in [5.74, 6) is 0.00647. The minimum Gasteiger partial charge on any atom is -0.384 e. The lowest BCUT2D eigenvalue weighted by atomic mass is 10.1. The van der Waals surface area contributed by atoms with Gasteiger partial charge in [0.2, 0.25) is 0 Å². The highest BCUT2D eigenvalue weighted by Crippen LogP contribution is 2.36. The number of benzene rings is 1. The third-order valence-electron chi connectivity index (χ3n) is 2.71. The first-order valence-electron chi connectivity index (χ1n) is 5.85. The first-order chi connectivity index (χ1) is 9.65. The fraction of sp³-hybridized carbons (Fsp3) is 0.0769. The highest BCUT2D eigenvalue weighted by molar-refractivity contribution is 8.01. The molecule has 0 unspecified atom stereocenters. The Hall–Kier alpha value is -1.99. The molecule has 7 heteroatoms. The Labute approximate surface area is 123 Å². The van der Waals surface area contributed by atoms with Gasteiger partial charge in [-0.1, -0.05) is 41.3 Å². The fourth-order valence-corrected chi connectivity index (χ4v) is 3.83. The number of nitrogens with two attached hydrogens (primary N) is 1. The number of pyridine rings is 1. The highest BCUT2D eigenvalue weighted by Gasteiger charge is 2.14. The zero-order valence-electron chi connectivity index (χ0n) is 10.6. The normalized spacial score (nSPS) is 10.8. The molecule has 0 fully saturated rings. The molecule has 100 valence electrons. The zero-order chi connectivity index (χ0) is 14.1. The van der Waals surface area contributed by atoms with Crippen LogP contribution in [-0.2, 0) is 0 Å². The van der Waals surface area contributed by atoms with Gasteiger partial charge in [0.15, 0.2) is 4.34 Å². The number of para-hydroxylation sites is 1. The van der Waals surface area contributed by atoms with Crippen molar-refractivity contribution in [3.05, 3.63) is 41.0 Å². The minimum atomic E-state index is 0.00647. The van der Waals surface area contributed by atoms with E-state index in [0.29, 0.717) is 5.56 Å². The Morgan fingerprint density at radius 3 is 2.80 bits per heavy atom. The van der Waals surface area contributed by atoms with Crippen molar-refractivity contribution in [2.45, 2.75) is 16.2 Å². The quantitative estimate of drug-likeness (QED) is 0.573. The lowest BCUT2D eigenvalue weighted by Crippen LogP contribution is -2.13. The summed E-state index contributed by atoms with van der Waals surface area (Å²) in [5, 5.41) is 17.7. The molecule has 0 amide bonds. The molecule has 0 aliphatic carbocycles. The Morgan fingerprint density at radius 1 is 1.30 bits per heavy atom. The molecule has 3 rings (SSSR count). The predicted molar refractivity (Wildman–Crippen MR) is 81.5 cm³/mol. The molecule has 0 saturated heterocycles. The summed E-state index contributed by atoms with van der Waals surface area (Å²) in [4.78, 5) is 5.25. The highest BCUT2D eigenvalue weighted by atomic mass is 32.2. The molecule has 0 atom stereocenters. The summed E-state index contributed by atoms with van der Waals surface area (Å²) in [7, 11) is 0. The molecular formula is C13H11N5S2. The van der Waals surface area contributed by atoms with Crippen LogP contribution in [-0.4, -0.2) is 21.0 Å². The van der Waals surface area contributed by atoms with Crippen LogP contribution in [0.25, 0.3) is 10.9 Å². The first kappa shape index (κ1) is 13.0. The molecule has 2 heterocycles. The van der Waals surface area contributed by atoms with Crippen molar-refractivity contribution in [2.24, 2.45) is 5.73 Å². The Balaban J connectivity index is 2.19. The van der Waals surface area contributed by atoms with E-state index in [2.05, 4.69) is 15.2 Å². The molecule has 3 aromatic rings. The van der Waals surface area contributed by atoms with Crippen LogP contribution in [0.15, 0.2) is 39.7 Å². The van der Waals surface area contributed by atoms with Gasteiger partial charge in [-0.05, 0) is 13.0 Å². The molecule has 3 N–H and O–H groups in total. The number of hydrogen-bond acceptors (Lipinski definition) is 6. The van der Waals surface area contributed by atoms with Gasteiger partial charge in [0.25, 0.3) is 0 Å². The van der Waals surface area contributed by atoms with Crippen LogP contribution in [0.4, 0.5) is 0 Å².